The number of hydrogen-bond donors (Lipinski definition) is 2. The highest BCUT2D eigenvalue weighted by Gasteiger charge is 2.10. The molecule has 3 aromatic rings. The number of hydrogen-bond acceptors (Lipinski definition) is 2. The van der Waals surface area contributed by atoms with E-state index >= 15 is 0 Å². The number of carbonyl (C=O) groups excluding carboxylic acids is 1. The second-order valence-electron chi connectivity index (χ2n) is 4.57. The number of fused-ring (bicyclic) bond motifs is 1. The van der Waals surface area contributed by atoms with E-state index in [1.54, 1.807) is 13.2 Å². The molecule has 4 nitrogen and oxygen atoms in total. The SMILES string of the molecule is COc1cc(NC(=O)c2cc3ccccc3[nH]2)ccc1Br. The zero-order valence-corrected chi connectivity index (χ0v) is 12.9. The maximum Gasteiger partial charge on any atom is 0.272 e. The fourth-order valence-corrected chi connectivity index (χ4v) is 2.54. The number of H-pyrrole nitrogens is 1. The smallest absolute Gasteiger partial charge is 0.272 e. The Kier molecular flexibility index (Phi) is 3.66. The lowest BCUT2D eigenvalue weighted by atomic mass is 10.2. The number of nitrogens with one attached hydrogen (secondary N) is 2. The van der Waals surface area contributed by atoms with Crippen molar-refractivity contribution in [2.75, 3.05) is 12.4 Å². The van der Waals surface area contributed by atoms with Gasteiger partial charge in [-0.1, -0.05) is 18.2 Å². The average molecular weight is 345 g/mol. The molecular weight excluding hydrogens is 332 g/mol. The van der Waals surface area contributed by atoms with Crippen LogP contribution in [0, 0.1) is 0 Å². The van der Waals surface area contributed by atoms with Gasteiger partial charge in [0.1, 0.15) is 11.4 Å². The quantitative estimate of drug-likeness (QED) is 0.748. The topological polar surface area (TPSA) is 54.1 Å². The first-order valence-corrected chi connectivity index (χ1v) is 7.19. The third kappa shape index (κ3) is 2.78. The van der Waals surface area contributed by atoms with Crippen LogP contribution in [0.1, 0.15) is 10.5 Å². The molecule has 1 amide bonds. The Hall–Kier alpha value is -2.27. The molecule has 1 heterocycles. The first-order valence-electron chi connectivity index (χ1n) is 6.40. The van der Waals surface area contributed by atoms with E-state index < -0.39 is 0 Å². The van der Waals surface area contributed by atoms with Crippen molar-refractivity contribution in [3.05, 3.63) is 58.7 Å². The van der Waals surface area contributed by atoms with Crippen molar-refractivity contribution >= 4 is 38.4 Å². The fraction of sp³-hybridized carbons (Fsp3) is 0.0625. The van der Waals surface area contributed by atoms with E-state index in [1.165, 1.54) is 0 Å². The van der Waals surface area contributed by atoms with Gasteiger partial charge in [0.2, 0.25) is 0 Å². The number of methoxy groups -OCH3 is 1. The van der Waals surface area contributed by atoms with Gasteiger partial charge in [-0.3, -0.25) is 4.79 Å². The summed E-state index contributed by atoms with van der Waals surface area (Å²) in [5, 5.41) is 3.86. The summed E-state index contributed by atoms with van der Waals surface area (Å²) in [4.78, 5) is 15.4. The molecule has 0 aliphatic heterocycles. The van der Waals surface area contributed by atoms with E-state index in [0.717, 1.165) is 15.4 Å². The van der Waals surface area contributed by atoms with Crippen LogP contribution in [0.4, 0.5) is 5.69 Å². The lowest BCUT2D eigenvalue weighted by molar-refractivity contribution is 0.102. The van der Waals surface area contributed by atoms with Gasteiger partial charge in [0.25, 0.3) is 5.91 Å². The number of para-hydroxylation sites is 1. The third-order valence-corrected chi connectivity index (χ3v) is 3.84. The highest BCUT2D eigenvalue weighted by Crippen LogP contribution is 2.28. The molecular formula is C16H13BrN2O2. The van der Waals surface area contributed by atoms with Crippen LogP contribution in [0.15, 0.2) is 53.0 Å². The van der Waals surface area contributed by atoms with Gasteiger partial charge in [0.05, 0.1) is 11.6 Å². The minimum Gasteiger partial charge on any atom is -0.495 e. The zero-order chi connectivity index (χ0) is 14.8. The van der Waals surface area contributed by atoms with Crippen molar-refractivity contribution in [1.82, 2.24) is 4.98 Å². The van der Waals surface area contributed by atoms with E-state index in [2.05, 4.69) is 26.2 Å². The standard InChI is InChI=1S/C16H13BrN2O2/c1-21-15-9-11(6-7-12(15)17)18-16(20)14-8-10-4-2-3-5-13(10)19-14/h2-9,19H,1H3,(H,18,20). The number of rotatable bonds is 3. The number of aromatic nitrogens is 1. The van der Waals surface area contributed by atoms with E-state index in [1.807, 2.05) is 42.5 Å². The molecule has 0 aliphatic carbocycles. The van der Waals surface area contributed by atoms with Gasteiger partial charge in [-0.15, -0.1) is 0 Å². The van der Waals surface area contributed by atoms with Gasteiger partial charge in [0.15, 0.2) is 0 Å². The van der Waals surface area contributed by atoms with Crippen LogP contribution in [-0.2, 0) is 0 Å². The Morgan fingerprint density at radius 2 is 2.00 bits per heavy atom. The van der Waals surface area contributed by atoms with Gasteiger partial charge >= 0.3 is 0 Å². The van der Waals surface area contributed by atoms with Crippen LogP contribution >= 0.6 is 15.9 Å². The predicted molar refractivity (Wildman–Crippen MR) is 86.9 cm³/mol. The van der Waals surface area contributed by atoms with Gasteiger partial charge < -0.3 is 15.0 Å². The monoisotopic (exact) mass is 344 g/mol. The summed E-state index contributed by atoms with van der Waals surface area (Å²) in [7, 11) is 1.59. The van der Waals surface area contributed by atoms with Crippen molar-refractivity contribution in [2.24, 2.45) is 0 Å². The van der Waals surface area contributed by atoms with Crippen LogP contribution in [0.3, 0.4) is 0 Å². The number of aromatic amines is 1. The molecule has 0 unspecified atom stereocenters. The van der Waals surface area contributed by atoms with E-state index in [9.17, 15) is 4.79 Å². The Labute approximate surface area is 130 Å². The summed E-state index contributed by atoms with van der Waals surface area (Å²) in [6.45, 7) is 0. The first-order chi connectivity index (χ1) is 10.2. The van der Waals surface area contributed by atoms with Gasteiger partial charge in [0, 0.05) is 22.7 Å². The molecule has 3 rings (SSSR count). The molecule has 0 radical (unpaired) electrons. The van der Waals surface area contributed by atoms with Gasteiger partial charge in [-0.25, -0.2) is 0 Å². The number of benzene rings is 2. The maximum absolute atomic E-state index is 12.3. The van der Waals surface area contributed by atoms with Crippen molar-refractivity contribution in [2.45, 2.75) is 0 Å². The summed E-state index contributed by atoms with van der Waals surface area (Å²) in [5.41, 5.74) is 2.15. The predicted octanol–water partition coefficient (Wildman–Crippen LogP) is 4.19. The maximum atomic E-state index is 12.3. The molecule has 0 saturated heterocycles. The Morgan fingerprint density at radius 1 is 1.19 bits per heavy atom. The minimum atomic E-state index is -0.185. The Balaban J connectivity index is 1.85. The second kappa shape index (κ2) is 5.61. The molecule has 0 aliphatic rings. The molecule has 2 N–H and O–H groups in total. The molecule has 0 bridgehead atoms. The molecule has 0 saturated carbocycles. The molecule has 0 fully saturated rings. The van der Waals surface area contributed by atoms with Crippen LogP contribution < -0.4 is 10.1 Å². The summed E-state index contributed by atoms with van der Waals surface area (Å²) in [6.07, 6.45) is 0. The first kappa shape index (κ1) is 13.7. The normalized spacial score (nSPS) is 10.6. The minimum absolute atomic E-state index is 0.185. The van der Waals surface area contributed by atoms with Gasteiger partial charge in [-0.2, -0.15) is 0 Å². The van der Waals surface area contributed by atoms with Crippen molar-refractivity contribution in [3.63, 3.8) is 0 Å². The largest absolute Gasteiger partial charge is 0.495 e. The van der Waals surface area contributed by atoms with Crippen LogP contribution in [-0.4, -0.2) is 18.0 Å². The van der Waals surface area contributed by atoms with Crippen LogP contribution in [0.25, 0.3) is 10.9 Å². The lowest BCUT2D eigenvalue weighted by Gasteiger charge is -2.07. The molecule has 106 valence electrons. The van der Waals surface area contributed by atoms with Crippen molar-refractivity contribution in [1.29, 1.82) is 0 Å². The van der Waals surface area contributed by atoms with E-state index in [0.29, 0.717) is 17.1 Å². The third-order valence-electron chi connectivity index (χ3n) is 3.18. The summed E-state index contributed by atoms with van der Waals surface area (Å²) in [6, 6.07) is 15.0. The summed E-state index contributed by atoms with van der Waals surface area (Å²) < 4.78 is 6.06. The molecule has 0 spiro atoms. The molecule has 1 aromatic heterocycles. The van der Waals surface area contributed by atoms with Crippen molar-refractivity contribution < 1.29 is 9.53 Å². The number of ether oxygens (including phenoxy) is 1. The van der Waals surface area contributed by atoms with E-state index in [-0.39, 0.29) is 5.91 Å². The highest BCUT2D eigenvalue weighted by molar-refractivity contribution is 9.10. The summed E-state index contributed by atoms with van der Waals surface area (Å²) >= 11 is 3.38. The highest BCUT2D eigenvalue weighted by atomic mass is 79.9. The average Bonchev–Trinajstić information content (AvgIpc) is 2.93. The Bertz CT molecular complexity index is 778. The van der Waals surface area contributed by atoms with Gasteiger partial charge in [-0.05, 0) is 40.2 Å². The second-order valence-corrected chi connectivity index (χ2v) is 5.43. The molecule has 2 aromatic carbocycles. The number of amides is 1. The lowest BCUT2D eigenvalue weighted by Crippen LogP contribution is -2.12. The number of carbonyl (C=O) groups is 1. The molecule has 21 heavy (non-hydrogen) atoms. The van der Waals surface area contributed by atoms with E-state index in [4.69, 9.17) is 4.74 Å². The molecule has 5 heteroatoms. The fourth-order valence-electron chi connectivity index (χ4n) is 2.13. The van der Waals surface area contributed by atoms with Crippen LogP contribution in [0.2, 0.25) is 0 Å². The number of anilines is 1. The van der Waals surface area contributed by atoms with Crippen molar-refractivity contribution in [3.8, 4) is 5.75 Å². The molecule has 0 atom stereocenters. The van der Waals surface area contributed by atoms with Crippen LogP contribution in [0.5, 0.6) is 5.75 Å². The zero-order valence-electron chi connectivity index (χ0n) is 11.3. The Morgan fingerprint density at radius 3 is 2.76 bits per heavy atom. The summed E-state index contributed by atoms with van der Waals surface area (Å²) in [5.74, 6) is 0.486. The number of halogens is 1.